The van der Waals surface area contributed by atoms with Gasteiger partial charge in [0.1, 0.15) is 17.3 Å². The van der Waals surface area contributed by atoms with Crippen LogP contribution in [0.1, 0.15) is 24.7 Å². The van der Waals surface area contributed by atoms with Crippen LogP contribution in [0.15, 0.2) is 65.1 Å². The fourth-order valence-electron chi connectivity index (χ4n) is 2.82. The number of anilines is 1. The Morgan fingerprint density at radius 1 is 1.04 bits per heavy atom. The van der Waals surface area contributed by atoms with Crippen molar-refractivity contribution in [2.45, 2.75) is 26.2 Å². The third-order valence-electron chi connectivity index (χ3n) is 4.31. The van der Waals surface area contributed by atoms with E-state index in [9.17, 15) is 4.79 Å². The number of hydrogen-bond acceptors (Lipinski definition) is 3. The van der Waals surface area contributed by atoms with Crippen LogP contribution < -0.4 is 10.1 Å². The van der Waals surface area contributed by atoms with E-state index in [-0.39, 0.29) is 5.91 Å². The van der Waals surface area contributed by atoms with Crippen LogP contribution in [0.25, 0.3) is 11.3 Å². The van der Waals surface area contributed by atoms with E-state index >= 15 is 0 Å². The smallest absolute Gasteiger partial charge is 0.224 e. The van der Waals surface area contributed by atoms with Gasteiger partial charge in [-0.25, -0.2) is 0 Å². The lowest BCUT2D eigenvalue weighted by Crippen LogP contribution is -2.13. The summed E-state index contributed by atoms with van der Waals surface area (Å²) < 4.78 is 11.0. The minimum atomic E-state index is -0.00621. The highest BCUT2D eigenvalue weighted by atomic mass is 16.5. The first kappa shape index (κ1) is 17.8. The molecule has 26 heavy (non-hydrogen) atoms. The summed E-state index contributed by atoms with van der Waals surface area (Å²) in [6, 6.07) is 19.4. The summed E-state index contributed by atoms with van der Waals surface area (Å²) in [5.41, 5.74) is 3.01. The fourth-order valence-corrected chi connectivity index (χ4v) is 2.82. The van der Waals surface area contributed by atoms with E-state index < -0.39 is 0 Å². The van der Waals surface area contributed by atoms with Gasteiger partial charge in [-0.2, -0.15) is 0 Å². The molecule has 0 spiro atoms. The number of furan rings is 1. The molecule has 1 heterocycles. The molecule has 134 valence electrons. The van der Waals surface area contributed by atoms with E-state index in [0.29, 0.717) is 12.8 Å². The van der Waals surface area contributed by atoms with Gasteiger partial charge in [0, 0.05) is 24.1 Å². The summed E-state index contributed by atoms with van der Waals surface area (Å²) in [4.78, 5) is 12.2. The maximum Gasteiger partial charge on any atom is 0.224 e. The molecule has 1 N–H and O–H groups in total. The van der Waals surface area contributed by atoms with Crippen LogP contribution in [0.3, 0.4) is 0 Å². The highest BCUT2D eigenvalue weighted by Crippen LogP contribution is 2.25. The minimum absolute atomic E-state index is 0.00621. The summed E-state index contributed by atoms with van der Waals surface area (Å²) in [6.45, 7) is 2.08. The largest absolute Gasteiger partial charge is 0.497 e. The molecular weight excluding hydrogens is 326 g/mol. The Bertz CT molecular complexity index is 865. The lowest BCUT2D eigenvalue weighted by molar-refractivity contribution is -0.116. The molecule has 0 unspecified atom stereocenters. The Balaban J connectivity index is 1.58. The van der Waals surface area contributed by atoms with Gasteiger partial charge in [0.25, 0.3) is 0 Å². The fraction of sp³-hybridized carbons (Fsp3) is 0.227. The van der Waals surface area contributed by atoms with E-state index in [0.717, 1.165) is 40.5 Å². The lowest BCUT2D eigenvalue weighted by atomic mass is 10.1. The van der Waals surface area contributed by atoms with Gasteiger partial charge in [-0.3, -0.25) is 4.79 Å². The Morgan fingerprint density at radius 3 is 2.54 bits per heavy atom. The zero-order chi connectivity index (χ0) is 18.4. The number of carbonyl (C=O) groups is 1. The third kappa shape index (κ3) is 4.33. The topological polar surface area (TPSA) is 51.5 Å². The lowest BCUT2D eigenvalue weighted by Gasteiger charge is -2.09. The Morgan fingerprint density at radius 2 is 1.81 bits per heavy atom. The van der Waals surface area contributed by atoms with Crippen LogP contribution in [0.2, 0.25) is 0 Å². The molecular formula is C22H23NO3. The molecule has 3 rings (SSSR count). The van der Waals surface area contributed by atoms with Gasteiger partial charge in [-0.1, -0.05) is 25.1 Å². The van der Waals surface area contributed by atoms with Gasteiger partial charge in [0.15, 0.2) is 0 Å². The number of methoxy groups -OCH3 is 1. The number of nitrogens with one attached hydrogen (secondary N) is 1. The Hall–Kier alpha value is -3.01. The molecule has 0 atom stereocenters. The van der Waals surface area contributed by atoms with E-state index in [4.69, 9.17) is 9.15 Å². The number of hydrogen-bond donors (Lipinski definition) is 1. The van der Waals surface area contributed by atoms with E-state index in [1.54, 1.807) is 7.11 Å². The number of rotatable bonds is 7. The van der Waals surface area contributed by atoms with Crippen LogP contribution in [0.4, 0.5) is 5.69 Å². The monoisotopic (exact) mass is 349 g/mol. The van der Waals surface area contributed by atoms with Crippen molar-refractivity contribution in [2.75, 3.05) is 12.4 Å². The van der Waals surface area contributed by atoms with Gasteiger partial charge in [0.2, 0.25) is 5.91 Å². The molecule has 0 saturated heterocycles. The third-order valence-corrected chi connectivity index (χ3v) is 4.31. The number of amides is 1. The maximum absolute atomic E-state index is 12.2. The van der Waals surface area contributed by atoms with Crippen molar-refractivity contribution in [2.24, 2.45) is 0 Å². The molecule has 2 aromatic carbocycles. The summed E-state index contributed by atoms with van der Waals surface area (Å²) in [5.74, 6) is 2.40. The minimum Gasteiger partial charge on any atom is -0.497 e. The van der Waals surface area contributed by atoms with Gasteiger partial charge in [0.05, 0.1) is 7.11 Å². The van der Waals surface area contributed by atoms with E-state index in [2.05, 4.69) is 12.2 Å². The average Bonchev–Trinajstić information content (AvgIpc) is 3.16. The Labute approximate surface area is 153 Å². The molecule has 1 amide bonds. The highest BCUT2D eigenvalue weighted by molar-refractivity contribution is 5.91. The van der Waals surface area contributed by atoms with Crippen molar-refractivity contribution in [3.05, 3.63) is 72.0 Å². The molecule has 0 saturated carbocycles. The molecule has 0 aliphatic rings. The van der Waals surface area contributed by atoms with Gasteiger partial charge in [-0.15, -0.1) is 0 Å². The van der Waals surface area contributed by atoms with Crippen LogP contribution in [-0.4, -0.2) is 13.0 Å². The zero-order valence-corrected chi connectivity index (χ0v) is 15.1. The summed E-state index contributed by atoms with van der Waals surface area (Å²) in [6.07, 6.45) is 1.84. The summed E-state index contributed by atoms with van der Waals surface area (Å²) >= 11 is 0. The second-order valence-corrected chi connectivity index (χ2v) is 6.05. The molecule has 0 radical (unpaired) electrons. The molecule has 0 fully saturated rings. The van der Waals surface area contributed by atoms with Crippen LogP contribution in [0, 0.1) is 0 Å². The molecule has 4 heteroatoms. The number of para-hydroxylation sites is 1. The van der Waals surface area contributed by atoms with Crippen LogP contribution in [-0.2, 0) is 17.6 Å². The normalized spacial score (nSPS) is 10.5. The van der Waals surface area contributed by atoms with Gasteiger partial charge < -0.3 is 14.5 Å². The first-order valence-corrected chi connectivity index (χ1v) is 8.80. The first-order chi connectivity index (χ1) is 12.7. The molecule has 0 bridgehead atoms. The van der Waals surface area contributed by atoms with Crippen molar-refractivity contribution in [3.63, 3.8) is 0 Å². The second kappa shape index (κ2) is 8.39. The van der Waals surface area contributed by atoms with Crippen molar-refractivity contribution >= 4 is 11.6 Å². The van der Waals surface area contributed by atoms with Crippen molar-refractivity contribution < 1.29 is 13.9 Å². The Kier molecular flexibility index (Phi) is 5.74. The van der Waals surface area contributed by atoms with Crippen molar-refractivity contribution in [1.82, 2.24) is 0 Å². The number of aryl methyl sites for hydroxylation is 2. The number of carbonyl (C=O) groups excluding carboxylic acids is 1. The van der Waals surface area contributed by atoms with Gasteiger partial charge >= 0.3 is 0 Å². The summed E-state index contributed by atoms with van der Waals surface area (Å²) in [5, 5.41) is 2.99. The quantitative estimate of drug-likeness (QED) is 0.646. The molecule has 3 aromatic rings. The van der Waals surface area contributed by atoms with Crippen LogP contribution >= 0.6 is 0 Å². The predicted molar refractivity (Wildman–Crippen MR) is 103 cm³/mol. The van der Waals surface area contributed by atoms with Crippen LogP contribution in [0.5, 0.6) is 5.75 Å². The molecule has 0 aliphatic heterocycles. The maximum atomic E-state index is 12.2. The molecule has 0 aliphatic carbocycles. The zero-order valence-electron chi connectivity index (χ0n) is 15.1. The predicted octanol–water partition coefficient (Wildman–Crippen LogP) is 5.09. The van der Waals surface area contributed by atoms with Gasteiger partial charge in [-0.05, 0) is 54.4 Å². The van der Waals surface area contributed by atoms with Crippen molar-refractivity contribution in [1.29, 1.82) is 0 Å². The second-order valence-electron chi connectivity index (χ2n) is 6.05. The van der Waals surface area contributed by atoms with E-state index in [1.165, 1.54) is 0 Å². The number of ether oxygens (including phenoxy) is 1. The average molecular weight is 349 g/mol. The van der Waals surface area contributed by atoms with E-state index in [1.807, 2.05) is 60.7 Å². The first-order valence-electron chi connectivity index (χ1n) is 8.80. The summed E-state index contributed by atoms with van der Waals surface area (Å²) in [7, 11) is 1.64. The van der Waals surface area contributed by atoms with Crippen molar-refractivity contribution in [3.8, 4) is 17.1 Å². The molecule has 1 aromatic heterocycles. The molecule has 4 nitrogen and oxygen atoms in total. The SMILES string of the molecule is CCc1ccccc1NC(=O)CCc1ccc(-c2ccc(OC)cc2)o1. The standard InChI is InChI=1S/C22H23NO3/c1-3-16-6-4-5-7-20(16)23-22(24)15-13-19-12-14-21(26-19)17-8-10-18(25-2)11-9-17/h4-12,14H,3,13,15H2,1-2H3,(H,23,24). The highest BCUT2D eigenvalue weighted by Gasteiger charge is 2.09. The number of benzene rings is 2.